The Morgan fingerprint density at radius 1 is 1.15 bits per heavy atom. The van der Waals surface area contributed by atoms with E-state index in [-0.39, 0.29) is 23.3 Å². The molecule has 0 saturated heterocycles. The lowest BCUT2D eigenvalue weighted by Crippen LogP contribution is -2.41. The Morgan fingerprint density at radius 2 is 1.88 bits per heavy atom. The predicted molar refractivity (Wildman–Crippen MR) is 125 cm³/mol. The number of hydrogen-bond acceptors (Lipinski definition) is 6. The molecule has 1 amide bonds. The van der Waals surface area contributed by atoms with Gasteiger partial charge in [0.1, 0.15) is 22.8 Å². The average Bonchev–Trinajstić information content (AvgIpc) is 2.76. The van der Waals surface area contributed by atoms with Gasteiger partial charge in [0.15, 0.2) is 0 Å². The average molecular weight is 477 g/mol. The van der Waals surface area contributed by atoms with Crippen LogP contribution in [-0.4, -0.2) is 52.5 Å². The van der Waals surface area contributed by atoms with Crippen LogP contribution in [0, 0.1) is 0 Å². The zero-order valence-corrected chi connectivity index (χ0v) is 20.8. The number of rotatable bonds is 8. The third kappa shape index (κ3) is 5.59. The number of hydrogen-bond donors (Lipinski definition) is 1. The molecule has 8 nitrogen and oxygen atoms in total. The van der Waals surface area contributed by atoms with Crippen molar-refractivity contribution in [1.82, 2.24) is 9.62 Å². The largest absolute Gasteiger partial charge is 0.497 e. The van der Waals surface area contributed by atoms with E-state index in [0.717, 1.165) is 9.87 Å². The highest BCUT2D eigenvalue weighted by atomic mass is 32.2. The van der Waals surface area contributed by atoms with E-state index in [1.807, 2.05) is 32.0 Å². The number of carbonyl (C=O) groups is 1. The second-order valence-electron chi connectivity index (χ2n) is 8.85. The van der Waals surface area contributed by atoms with Gasteiger partial charge in [-0.15, -0.1) is 0 Å². The van der Waals surface area contributed by atoms with Gasteiger partial charge in [-0.2, -0.15) is 0 Å². The second-order valence-corrected chi connectivity index (χ2v) is 11.0. The van der Waals surface area contributed by atoms with Crippen LogP contribution in [0.25, 0.3) is 0 Å². The van der Waals surface area contributed by atoms with Crippen molar-refractivity contribution >= 4 is 15.9 Å². The summed E-state index contributed by atoms with van der Waals surface area (Å²) in [6.07, 6.45) is 1.15. The molecule has 9 heteroatoms. The molecule has 3 rings (SSSR count). The van der Waals surface area contributed by atoms with Crippen molar-refractivity contribution < 1.29 is 27.4 Å². The van der Waals surface area contributed by atoms with Gasteiger partial charge in [-0.1, -0.05) is 0 Å². The fourth-order valence-corrected chi connectivity index (χ4v) is 4.88. The van der Waals surface area contributed by atoms with Gasteiger partial charge in [0.05, 0.1) is 25.2 Å². The summed E-state index contributed by atoms with van der Waals surface area (Å²) in [6, 6.07) is 10.1. The first-order valence-electron chi connectivity index (χ1n) is 10.7. The minimum atomic E-state index is -3.58. The van der Waals surface area contributed by atoms with Crippen LogP contribution in [0.2, 0.25) is 0 Å². The van der Waals surface area contributed by atoms with Crippen LogP contribution in [0.4, 0.5) is 0 Å². The number of nitrogens with zero attached hydrogens (tertiary/aromatic N) is 1. The summed E-state index contributed by atoms with van der Waals surface area (Å²) in [5.74, 6) is 1.79. The van der Waals surface area contributed by atoms with E-state index in [4.69, 9.17) is 14.2 Å². The molecule has 2 aromatic rings. The third-order valence-electron chi connectivity index (χ3n) is 5.67. The van der Waals surface area contributed by atoms with Crippen molar-refractivity contribution in [3.63, 3.8) is 0 Å². The van der Waals surface area contributed by atoms with Gasteiger partial charge in [0.2, 0.25) is 15.9 Å². The maximum Gasteiger partial charge on any atom is 0.242 e. The van der Waals surface area contributed by atoms with Crippen molar-refractivity contribution in [3.05, 3.63) is 47.5 Å². The molecule has 0 radical (unpaired) electrons. The SMILES string of the molecule is COc1ccc2c(c1)OC(C)(C)CC2NC(=O)CCc1cc(S(=O)(=O)N(C)C)ccc1OC. The molecule has 1 heterocycles. The number of sulfonamides is 1. The quantitative estimate of drug-likeness (QED) is 0.628. The summed E-state index contributed by atoms with van der Waals surface area (Å²) in [4.78, 5) is 13.0. The van der Waals surface area contributed by atoms with Crippen LogP contribution < -0.4 is 19.5 Å². The molecule has 1 atom stereocenters. The topological polar surface area (TPSA) is 94.2 Å². The molecule has 0 saturated carbocycles. The smallest absolute Gasteiger partial charge is 0.242 e. The molecule has 0 bridgehead atoms. The lowest BCUT2D eigenvalue weighted by molar-refractivity contribution is -0.122. The van der Waals surface area contributed by atoms with Crippen LogP contribution in [0.1, 0.15) is 43.9 Å². The van der Waals surface area contributed by atoms with Crippen molar-refractivity contribution in [2.75, 3.05) is 28.3 Å². The Labute approximate surface area is 195 Å². The van der Waals surface area contributed by atoms with Crippen molar-refractivity contribution in [3.8, 4) is 17.2 Å². The molecule has 180 valence electrons. The Hall–Kier alpha value is -2.78. The fraction of sp³-hybridized carbons (Fsp3) is 0.458. The highest BCUT2D eigenvalue weighted by molar-refractivity contribution is 7.89. The maximum atomic E-state index is 12.9. The third-order valence-corrected chi connectivity index (χ3v) is 7.48. The molecule has 0 spiro atoms. The molecule has 0 aromatic heterocycles. The van der Waals surface area contributed by atoms with Crippen LogP contribution in [0.15, 0.2) is 41.3 Å². The minimum Gasteiger partial charge on any atom is -0.497 e. The molecular weight excluding hydrogens is 444 g/mol. The van der Waals surface area contributed by atoms with Crippen molar-refractivity contribution in [1.29, 1.82) is 0 Å². The maximum absolute atomic E-state index is 12.9. The molecule has 0 aliphatic carbocycles. The number of ether oxygens (including phenoxy) is 3. The number of aryl methyl sites for hydroxylation is 1. The van der Waals surface area contributed by atoms with E-state index >= 15 is 0 Å². The van der Waals surface area contributed by atoms with E-state index in [1.165, 1.54) is 27.3 Å². The summed E-state index contributed by atoms with van der Waals surface area (Å²) < 4.78 is 42.9. The van der Waals surface area contributed by atoms with Gasteiger partial charge in [0, 0.05) is 38.6 Å². The van der Waals surface area contributed by atoms with Crippen LogP contribution in [0.5, 0.6) is 17.2 Å². The molecule has 1 N–H and O–H groups in total. The number of nitrogens with one attached hydrogen (secondary N) is 1. The standard InChI is InChI=1S/C24H32N2O6S/c1-24(2)15-20(19-10-8-17(30-5)14-22(19)32-24)25-23(27)12-7-16-13-18(9-11-21(16)31-6)33(28,29)26(3)4/h8-11,13-14,20H,7,12,15H2,1-6H3,(H,25,27). The van der Waals surface area contributed by atoms with Gasteiger partial charge in [0.25, 0.3) is 0 Å². The molecule has 1 aliphatic heterocycles. The first-order valence-corrected chi connectivity index (χ1v) is 12.2. The van der Waals surface area contributed by atoms with E-state index < -0.39 is 15.6 Å². The zero-order chi connectivity index (χ0) is 24.4. The monoisotopic (exact) mass is 476 g/mol. The number of fused-ring (bicyclic) bond motifs is 1. The number of methoxy groups -OCH3 is 2. The molecule has 33 heavy (non-hydrogen) atoms. The predicted octanol–water partition coefficient (Wildman–Crippen LogP) is 3.31. The van der Waals surface area contributed by atoms with Gasteiger partial charge < -0.3 is 19.5 Å². The van der Waals surface area contributed by atoms with Crippen LogP contribution >= 0.6 is 0 Å². The minimum absolute atomic E-state index is 0.137. The molecule has 0 fully saturated rings. The highest BCUT2D eigenvalue weighted by Crippen LogP contribution is 2.41. The van der Waals surface area contributed by atoms with Crippen molar-refractivity contribution in [2.45, 2.75) is 49.6 Å². The van der Waals surface area contributed by atoms with Gasteiger partial charge in [-0.25, -0.2) is 12.7 Å². The summed E-state index contributed by atoms with van der Waals surface area (Å²) in [5.41, 5.74) is 1.11. The first kappa shape index (κ1) is 24.9. The Morgan fingerprint density at radius 3 is 2.52 bits per heavy atom. The van der Waals surface area contributed by atoms with Gasteiger partial charge >= 0.3 is 0 Å². The van der Waals surface area contributed by atoms with E-state index in [2.05, 4.69) is 5.32 Å². The lowest BCUT2D eigenvalue weighted by atomic mass is 9.89. The van der Waals surface area contributed by atoms with E-state index in [9.17, 15) is 13.2 Å². The molecule has 2 aromatic carbocycles. The second kappa shape index (κ2) is 9.61. The highest BCUT2D eigenvalue weighted by Gasteiger charge is 2.34. The number of amides is 1. The normalized spacial score (nSPS) is 17.1. The molecule has 1 unspecified atom stereocenters. The fourth-order valence-electron chi connectivity index (χ4n) is 3.92. The summed E-state index contributed by atoms with van der Waals surface area (Å²) >= 11 is 0. The Bertz CT molecular complexity index is 1130. The Kier molecular flexibility index (Phi) is 7.23. The number of benzene rings is 2. The molecule has 1 aliphatic rings. The summed E-state index contributed by atoms with van der Waals surface area (Å²) in [6.45, 7) is 3.96. The Balaban J connectivity index is 1.76. The van der Waals surface area contributed by atoms with E-state index in [1.54, 1.807) is 19.2 Å². The summed E-state index contributed by atoms with van der Waals surface area (Å²) in [7, 11) is 2.50. The first-order chi connectivity index (χ1) is 15.5. The van der Waals surface area contributed by atoms with Crippen LogP contribution in [0.3, 0.4) is 0 Å². The van der Waals surface area contributed by atoms with Crippen LogP contribution in [-0.2, 0) is 21.2 Å². The lowest BCUT2D eigenvalue weighted by Gasteiger charge is -2.38. The zero-order valence-electron chi connectivity index (χ0n) is 20.0. The van der Waals surface area contributed by atoms with Gasteiger partial charge in [-0.3, -0.25) is 4.79 Å². The molecular formula is C24H32N2O6S. The summed E-state index contributed by atoms with van der Waals surface area (Å²) in [5, 5.41) is 3.11. The van der Waals surface area contributed by atoms with E-state index in [0.29, 0.717) is 35.7 Å². The number of carbonyl (C=O) groups excluding carboxylic acids is 1. The van der Waals surface area contributed by atoms with Crippen molar-refractivity contribution in [2.24, 2.45) is 0 Å². The van der Waals surface area contributed by atoms with Gasteiger partial charge in [-0.05, 0) is 56.2 Å².